The third-order valence-electron chi connectivity index (χ3n) is 2.79. The van der Waals surface area contributed by atoms with Crippen LogP contribution in [0.15, 0.2) is 30.5 Å². The first kappa shape index (κ1) is 14.4. The van der Waals surface area contributed by atoms with Crippen molar-refractivity contribution in [2.45, 2.75) is 26.5 Å². The summed E-state index contributed by atoms with van der Waals surface area (Å²) in [5.74, 6) is 0.237. The highest BCUT2D eigenvalue weighted by Gasteiger charge is 2.18. The summed E-state index contributed by atoms with van der Waals surface area (Å²) < 4.78 is 7.25. The lowest BCUT2D eigenvalue weighted by Gasteiger charge is -2.14. The fraction of sp³-hybridized carbons (Fsp3) is 0.286. The van der Waals surface area contributed by atoms with Gasteiger partial charge in [0, 0.05) is 11.1 Å². The van der Waals surface area contributed by atoms with E-state index in [1.54, 1.807) is 28.8 Å². The van der Waals surface area contributed by atoms with Crippen LogP contribution in [0, 0.1) is 0 Å². The second-order valence-electron chi connectivity index (χ2n) is 4.57. The normalized spacial score (nSPS) is 10.8. The number of imidazole rings is 1. The first-order valence-corrected chi connectivity index (χ1v) is 6.54. The van der Waals surface area contributed by atoms with Gasteiger partial charge in [-0.05, 0) is 38.1 Å². The van der Waals surface area contributed by atoms with Crippen LogP contribution in [0.25, 0.3) is 0 Å². The second-order valence-corrected chi connectivity index (χ2v) is 5.01. The van der Waals surface area contributed by atoms with Crippen molar-refractivity contribution in [2.24, 2.45) is 0 Å². The van der Waals surface area contributed by atoms with Crippen LogP contribution in [-0.4, -0.2) is 20.6 Å². The Kier molecular flexibility index (Phi) is 4.29. The number of rotatable bonds is 5. The number of carboxylic acids is 1. The molecule has 0 spiro atoms. The van der Waals surface area contributed by atoms with E-state index >= 15 is 0 Å². The molecule has 106 valence electrons. The Bertz CT molecular complexity index is 605. The molecule has 0 unspecified atom stereocenters. The highest BCUT2D eigenvalue weighted by atomic mass is 35.5. The zero-order valence-electron chi connectivity index (χ0n) is 11.2. The van der Waals surface area contributed by atoms with Gasteiger partial charge in [-0.2, -0.15) is 0 Å². The number of ether oxygens (including phenoxy) is 1. The molecule has 20 heavy (non-hydrogen) atoms. The van der Waals surface area contributed by atoms with Crippen molar-refractivity contribution >= 4 is 17.6 Å². The Morgan fingerprint density at radius 1 is 1.40 bits per heavy atom. The van der Waals surface area contributed by atoms with E-state index < -0.39 is 5.97 Å². The average Bonchev–Trinajstić information content (AvgIpc) is 2.82. The van der Waals surface area contributed by atoms with Crippen molar-refractivity contribution in [3.8, 4) is 5.75 Å². The van der Waals surface area contributed by atoms with Gasteiger partial charge in [-0.1, -0.05) is 11.6 Å². The van der Waals surface area contributed by atoms with Gasteiger partial charge in [0.15, 0.2) is 0 Å². The summed E-state index contributed by atoms with van der Waals surface area (Å²) in [4.78, 5) is 15.3. The van der Waals surface area contributed by atoms with E-state index in [0.717, 1.165) is 0 Å². The fourth-order valence-corrected chi connectivity index (χ4v) is 2.05. The topological polar surface area (TPSA) is 64.4 Å². The van der Waals surface area contributed by atoms with Gasteiger partial charge in [0.1, 0.15) is 23.9 Å². The summed E-state index contributed by atoms with van der Waals surface area (Å²) in [5, 5.41) is 9.76. The van der Waals surface area contributed by atoms with Crippen molar-refractivity contribution in [1.29, 1.82) is 0 Å². The minimum absolute atomic E-state index is 0.00702. The lowest BCUT2D eigenvalue weighted by molar-refractivity contribution is 0.0682. The minimum atomic E-state index is -0.996. The first-order valence-electron chi connectivity index (χ1n) is 6.17. The van der Waals surface area contributed by atoms with E-state index in [9.17, 15) is 4.79 Å². The lowest BCUT2D eigenvalue weighted by Crippen LogP contribution is -2.15. The number of hydrogen-bond donors (Lipinski definition) is 1. The molecule has 0 saturated carbocycles. The maximum absolute atomic E-state index is 11.1. The quantitative estimate of drug-likeness (QED) is 0.918. The molecule has 6 heteroatoms. The number of nitrogens with zero attached hydrogens (tertiary/aromatic N) is 2. The number of hydrogen-bond acceptors (Lipinski definition) is 3. The molecule has 0 bridgehead atoms. The Morgan fingerprint density at radius 2 is 2.05 bits per heavy atom. The summed E-state index contributed by atoms with van der Waals surface area (Å²) in [6.45, 7) is 4.01. The molecule has 2 rings (SSSR count). The highest BCUT2D eigenvalue weighted by Crippen LogP contribution is 2.19. The Morgan fingerprint density at radius 3 is 2.60 bits per heavy atom. The second kappa shape index (κ2) is 5.96. The van der Waals surface area contributed by atoms with Crippen molar-refractivity contribution < 1.29 is 14.6 Å². The van der Waals surface area contributed by atoms with Crippen LogP contribution in [0.5, 0.6) is 5.75 Å². The molecular formula is C14H15ClN2O3. The maximum atomic E-state index is 11.1. The molecule has 0 atom stereocenters. The molecule has 0 aliphatic carbocycles. The van der Waals surface area contributed by atoms with Crippen molar-refractivity contribution in [3.63, 3.8) is 0 Å². The molecule has 5 nitrogen and oxygen atoms in total. The monoisotopic (exact) mass is 294 g/mol. The van der Waals surface area contributed by atoms with Crippen molar-refractivity contribution in [3.05, 3.63) is 47.0 Å². The summed E-state index contributed by atoms with van der Waals surface area (Å²) in [6, 6.07) is 6.96. The third-order valence-corrected chi connectivity index (χ3v) is 3.04. The predicted octanol–water partition coefficient (Wildman–Crippen LogP) is 3.39. The molecule has 1 aromatic heterocycles. The molecule has 2 aromatic rings. The van der Waals surface area contributed by atoms with Crippen molar-refractivity contribution in [2.75, 3.05) is 0 Å². The van der Waals surface area contributed by atoms with Gasteiger partial charge in [-0.25, -0.2) is 9.78 Å². The zero-order valence-corrected chi connectivity index (χ0v) is 12.0. The Hall–Kier alpha value is -2.01. The number of carbonyl (C=O) groups is 1. The van der Waals surface area contributed by atoms with Gasteiger partial charge in [-0.15, -0.1) is 0 Å². The van der Waals surface area contributed by atoms with E-state index in [4.69, 9.17) is 21.4 Å². The standard InChI is InChI=1S/C14H15ClN2O3/c1-9(2)17-12(14(18)19)7-16-13(17)8-20-11-5-3-10(15)4-6-11/h3-7,9H,8H2,1-2H3,(H,18,19). The summed E-state index contributed by atoms with van der Waals surface area (Å²) in [7, 11) is 0. The number of benzene rings is 1. The lowest BCUT2D eigenvalue weighted by atomic mass is 10.3. The van der Waals surface area contributed by atoms with Gasteiger partial charge in [0.2, 0.25) is 0 Å². The first-order chi connectivity index (χ1) is 9.49. The molecule has 0 saturated heterocycles. The van der Waals surface area contributed by atoms with Crippen LogP contribution < -0.4 is 4.74 Å². The summed E-state index contributed by atoms with van der Waals surface area (Å²) in [6.07, 6.45) is 1.35. The molecular weight excluding hydrogens is 280 g/mol. The van der Waals surface area contributed by atoms with E-state index in [-0.39, 0.29) is 18.3 Å². The fourth-order valence-electron chi connectivity index (χ4n) is 1.92. The van der Waals surface area contributed by atoms with Gasteiger partial charge < -0.3 is 14.4 Å². The zero-order chi connectivity index (χ0) is 14.7. The molecule has 0 fully saturated rings. The SMILES string of the molecule is CC(C)n1c(C(=O)O)cnc1COc1ccc(Cl)cc1. The van der Waals surface area contributed by atoms with Gasteiger partial charge in [0.25, 0.3) is 0 Å². The van der Waals surface area contributed by atoms with Gasteiger partial charge in [-0.3, -0.25) is 0 Å². The summed E-state index contributed by atoms with van der Waals surface area (Å²) in [5.41, 5.74) is 0.162. The van der Waals surface area contributed by atoms with E-state index in [0.29, 0.717) is 16.6 Å². The van der Waals surface area contributed by atoms with Crippen LogP contribution in [0.2, 0.25) is 5.02 Å². The van der Waals surface area contributed by atoms with Crippen LogP contribution in [0.1, 0.15) is 36.2 Å². The molecule has 1 heterocycles. The molecule has 0 aliphatic rings. The van der Waals surface area contributed by atoms with E-state index in [2.05, 4.69) is 4.98 Å². The number of aromatic carboxylic acids is 1. The van der Waals surface area contributed by atoms with E-state index in [1.807, 2.05) is 13.8 Å². The Balaban J connectivity index is 2.17. The smallest absolute Gasteiger partial charge is 0.354 e. The van der Waals surface area contributed by atoms with Gasteiger partial charge in [0.05, 0.1) is 6.20 Å². The number of halogens is 1. The molecule has 0 amide bonds. The van der Waals surface area contributed by atoms with E-state index in [1.165, 1.54) is 6.20 Å². The Labute approximate surface area is 121 Å². The summed E-state index contributed by atoms with van der Waals surface area (Å²) >= 11 is 5.80. The van der Waals surface area contributed by atoms with Crippen LogP contribution in [0.4, 0.5) is 0 Å². The van der Waals surface area contributed by atoms with Crippen LogP contribution >= 0.6 is 11.6 Å². The third kappa shape index (κ3) is 3.11. The largest absolute Gasteiger partial charge is 0.486 e. The molecule has 1 aromatic carbocycles. The minimum Gasteiger partial charge on any atom is -0.486 e. The number of carboxylic acid groups (broad SMARTS) is 1. The molecule has 0 radical (unpaired) electrons. The predicted molar refractivity (Wildman–Crippen MR) is 75.4 cm³/mol. The highest BCUT2D eigenvalue weighted by molar-refractivity contribution is 6.30. The van der Waals surface area contributed by atoms with Crippen molar-refractivity contribution in [1.82, 2.24) is 9.55 Å². The van der Waals surface area contributed by atoms with Gasteiger partial charge >= 0.3 is 5.97 Å². The average molecular weight is 295 g/mol. The van der Waals surface area contributed by atoms with Crippen LogP contribution in [-0.2, 0) is 6.61 Å². The molecule has 0 aliphatic heterocycles. The molecule has 1 N–H and O–H groups in total. The number of aromatic nitrogens is 2. The maximum Gasteiger partial charge on any atom is 0.354 e. The van der Waals surface area contributed by atoms with Crippen LogP contribution in [0.3, 0.4) is 0 Å².